The van der Waals surface area contributed by atoms with E-state index in [1.807, 2.05) is 11.8 Å². The molecule has 0 spiro atoms. The summed E-state index contributed by atoms with van der Waals surface area (Å²) in [6, 6.07) is 4.91. The predicted octanol–water partition coefficient (Wildman–Crippen LogP) is 2.39. The number of nitrogens with zero attached hydrogens (tertiary/aromatic N) is 1. The highest BCUT2D eigenvalue weighted by Gasteiger charge is 2.39. The monoisotopic (exact) mass is 302 g/mol. The molecule has 0 bridgehead atoms. The standard InChI is InChI=1S/C13H16Cl2N2O2/c1-2-13(19)7-17(8-13)6-12(18)16-11-5-9(14)3-4-10(11)15/h3-5,19H,2,6-8H2,1H3,(H,16,18). The molecule has 0 saturated carbocycles. The third kappa shape index (κ3) is 3.60. The van der Waals surface area contributed by atoms with E-state index in [4.69, 9.17) is 23.2 Å². The van der Waals surface area contributed by atoms with E-state index in [0.29, 0.717) is 35.2 Å². The van der Waals surface area contributed by atoms with Crippen LogP contribution in [0.25, 0.3) is 0 Å². The van der Waals surface area contributed by atoms with Crippen molar-refractivity contribution in [1.29, 1.82) is 0 Å². The van der Waals surface area contributed by atoms with Crippen LogP contribution in [-0.2, 0) is 4.79 Å². The molecule has 19 heavy (non-hydrogen) atoms. The van der Waals surface area contributed by atoms with Gasteiger partial charge in [0, 0.05) is 18.1 Å². The highest BCUT2D eigenvalue weighted by molar-refractivity contribution is 6.35. The molecule has 1 aliphatic rings. The summed E-state index contributed by atoms with van der Waals surface area (Å²) in [5.41, 5.74) is -0.126. The van der Waals surface area contributed by atoms with Gasteiger partial charge in [-0.05, 0) is 24.6 Å². The van der Waals surface area contributed by atoms with E-state index in [0.717, 1.165) is 0 Å². The van der Waals surface area contributed by atoms with Gasteiger partial charge < -0.3 is 10.4 Å². The largest absolute Gasteiger partial charge is 0.387 e. The second kappa shape index (κ2) is 5.67. The molecule has 0 radical (unpaired) electrons. The van der Waals surface area contributed by atoms with E-state index >= 15 is 0 Å². The van der Waals surface area contributed by atoms with Gasteiger partial charge in [0.25, 0.3) is 0 Å². The lowest BCUT2D eigenvalue weighted by Gasteiger charge is -2.45. The van der Waals surface area contributed by atoms with Gasteiger partial charge in [-0.3, -0.25) is 9.69 Å². The minimum absolute atomic E-state index is 0.165. The Morgan fingerprint density at radius 1 is 1.47 bits per heavy atom. The zero-order valence-electron chi connectivity index (χ0n) is 10.6. The molecule has 0 atom stereocenters. The fraction of sp³-hybridized carbons (Fsp3) is 0.462. The molecular formula is C13H16Cl2N2O2. The highest BCUT2D eigenvalue weighted by atomic mass is 35.5. The number of aliphatic hydroxyl groups is 1. The number of rotatable bonds is 4. The predicted molar refractivity (Wildman–Crippen MR) is 76.8 cm³/mol. The summed E-state index contributed by atoms with van der Waals surface area (Å²) < 4.78 is 0. The normalized spacial score (nSPS) is 17.9. The molecule has 1 amide bonds. The maximum atomic E-state index is 11.8. The third-order valence-corrected chi connectivity index (χ3v) is 3.83. The topological polar surface area (TPSA) is 52.6 Å². The van der Waals surface area contributed by atoms with Gasteiger partial charge in [-0.15, -0.1) is 0 Å². The van der Waals surface area contributed by atoms with E-state index in [-0.39, 0.29) is 12.5 Å². The van der Waals surface area contributed by atoms with Crippen molar-refractivity contribution in [3.05, 3.63) is 28.2 Å². The Morgan fingerprint density at radius 3 is 2.79 bits per heavy atom. The Bertz CT molecular complexity index is 488. The number of hydrogen-bond donors (Lipinski definition) is 2. The zero-order valence-corrected chi connectivity index (χ0v) is 12.1. The van der Waals surface area contributed by atoms with Crippen molar-refractivity contribution in [2.45, 2.75) is 18.9 Å². The van der Waals surface area contributed by atoms with Gasteiger partial charge in [0.2, 0.25) is 5.91 Å². The minimum atomic E-state index is -0.631. The summed E-state index contributed by atoms with van der Waals surface area (Å²) in [5.74, 6) is -0.165. The molecule has 2 rings (SSSR count). The number of amides is 1. The molecule has 1 heterocycles. The van der Waals surface area contributed by atoms with Crippen LogP contribution in [0.15, 0.2) is 18.2 Å². The van der Waals surface area contributed by atoms with Crippen molar-refractivity contribution in [3.63, 3.8) is 0 Å². The summed E-state index contributed by atoms with van der Waals surface area (Å²) in [7, 11) is 0. The maximum Gasteiger partial charge on any atom is 0.238 e. The smallest absolute Gasteiger partial charge is 0.238 e. The first-order valence-corrected chi connectivity index (χ1v) is 6.87. The van der Waals surface area contributed by atoms with Crippen molar-refractivity contribution < 1.29 is 9.90 Å². The number of likely N-dealkylation sites (tertiary alicyclic amines) is 1. The van der Waals surface area contributed by atoms with Crippen LogP contribution in [0.5, 0.6) is 0 Å². The lowest BCUT2D eigenvalue weighted by Crippen LogP contribution is -2.62. The fourth-order valence-electron chi connectivity index (χ4n) is 2.11. The van der Waals surface area contributed by atoms with E-state index in [2.05, 4.69) is 5.32 Å². The van der Waals surface area contributed by atoms with Crippen LogP contribution in [0.4, 0.5) is 5.69 Å². The zero-order chi connectivity index (χ0) is 14.0. The second-order valence-corrected chi connectivity index (χ2v) is 5.74. The average molecular weight is 303 g/mol. The molecule has 1 aromatic carbocycles. The Morgan fingerprint density at radius 2 is 2.16 bits per heavy atom. The number of anilines is 1. The molecular weight excluding hydrogens is 287 g/mol. The van der Waals surface area contributed by atoms with Gasteiger partial charge in [-0.2, -0.15) is 0 Å². The van der Waals surface area contributed by atoms with Gasteiger partial charge in [0.15, 0.2) is 0 Å². The fourth-order valence-corrected chi connectivity index (χ4v) is 2.44. The number of carbonyl (C=O) groups excluding carboxylic acids is 1. The number of β-amino-alcohol motifs (C(OH)–C–C–N with tert-alkyl or cyclic N) is 1. The third-order valence-electron chi connectivity index (χ3n) is 3.26. The molecule has 0 unspecified atom stereocenters. The minimum Gasteiger partial charge on any atom is -0.387 e. The molecule has 0 aromatic heterocycles. The lowest BCUT2D eigenvalue weighted by atomic mass is 9.91. The van der Waals surface area contributed by atoms with Crippen molar-refractivity contribution in [2.75, 3.05) is 25.0 Å². The number of carbonyl (C=O) groups is 1. The van der Waals surface area contributed by atoms with Gasteiger partial charge in [0.1, 0.15) is 0 Å². The van der Waals surface area contributed by atoms with Crippen molar-refractivity contribution in [2.24, 2.45) is 0 Å². The van der Waals surface area contributed by atoms with E-state index < -0.39 is 5.60 Å². The molecule has 4 nitrogen and oxygen atoms in total. The first-order valence-electron chi connectivity index (χ1n) is 6.11. The van der Waals surface area contributed by atoms with Crippen molar-refractivity contribution in [3.8, 4) is 0 Å². The molecule has 0 aliphatic carbocycles. The van der Waals surface area contributed by atoms with Crippen molar-refractivity contribution in [1.82, 2.24) is 4.90 Å². The molecule has 1 aliphatic heterocycles. The van der Waals surface area contributed by atoms with E-state index in [1.165, 1.54) is 0 Å². The van der Waals surface area contributed by atoms with Crippen molar-refractivity contribution >= 4 is 34.8 Å². The summed E-state index contributed by atoms with van der Waals surface area (Å²) in [6.45, 7) is 3.23. The summed E-state index contributed by atoms with van der Waals surface area (Å²) in [4.78, 5) is 13.7. The Hall–Kier alpha value is -0.810. The lowest BCUT2D eigenvalue weighted by molar-refractivity contribution is -0.128. The average Bonchev–Trinajstić information content (AvgIpc) is 2.31. The van der Waals surface area contributed by atoms with Crippen LogP contribution >= 0.6 is 23.2 Å². The summed E-state index contributed by atoms with van der Waals surface area (Å²) in [5, 5.41) is 13.5. The molecule has 6 heteroatoms. The molecule has 1 saturated heterocycles. The Labute approximate surface area is 122 Å². The first kappa shape index (κ1) is 14.6. The Kier molecular flexibility index (Phi) is 4.36. The van der Waals surface area contributed by atoms with Crippen LogP contribution in [0, 0.1) is 0 Å². The molecule has 104 valence electrons. The Balaban J connectivity index is 1.87. The summed E-state index contributed by atoms with van der Waals surface area (Å²) in [6.07, 6.45) is 0.700. The molecule has 1 aromatic rings. The SMILES string of the molecule is CCC1(O)CN(CC(=O)Nc2cc(Cl)ccc2Cl)C1. The summed E-state index contributed by atoms with van der Waals surface area (Å²) >= 11 is 11.8. The molecule has 2 N–H and O–H groups in total. The maximum absolute atomic E-state index is 11.8. The van der Waals surface area contributed by atoms with Gasteiger partial charge in [-0.1, -0.05) is 30.1 Å². The quantitative estimate of drug-likeness (QED) is 0.898. The molecule has 1 fully saturated rings. The van der Waals surface area contributed by atoms with Crippen LogP contribution < -0.4 is 5.32 Å². The van der Waals surface area contributed by atoms with Gasteiger partial charge in [0.05, 0.1) is 22.9 Å². The highest BCUT2D eigenvalue weighted by Crippen LogP contribution is 2.26. The number of nitrogens with one attached hydrogen (secondary N) is 1. The number of benzene rings is 1. The van der Waals surface area contributed by atoms with Crippen LogP contribution in [0.3, 0.4) is 0 Å². The van der Waals surface area contributed by atoms with Gasteiger partial charge in [-0.25, -0.2) is 0 Å². The number of hydrogen-bond acceptors (Lipinski definition) is 3. The van der Waals surface area contributed by atoms with Crippen LogP contribution in [0.1, 0.15) is 13.3 Å². The number of halogens is 2. The van der Waals surface area contributed by atoms with Crippen LogP contribution in [-0.4, -0.2) is 41.1 Å². The van der Waals surface area contributed by atoms with Gasteiger partial charge >= 0.3 is 0 Å². The first-order chi connectivity index (χ1) is 8.92. The van der Waals surface area contributed by atoms with Crippen LogP contribution in [0.2, 0.25) is 10.0 Å². The van der Waals surface area contributed by atoms with E-state index in [9.17, 15) is 9.90 Å². The second-order valence-electron chi connectivity index (χ2n) is 4.90. The van der Waals surface area contributed by atoms with E-state index in [1.54, 1.807) is 18.2 Å².